The molecular formula is C19H31N. The molecule has 1 aliphatic carbocycles. The molecule has 1 aromatic rings. The predicted molar refractivity (Wildman–Crippen MR) is 89.4 cm³/mol. The van der Waals surface area contributed by atoms with Crippen molar-refractivity contribution in [1.82, 2.24) is 0 Å². The molecule has 112 valence electrons. The Kier molecular flexibility index (Phi) is 4.46. The Bertz CT molecular complexity index is 437. The average Bonchev–Trinajstić information content (AvgIpc) is 2.62. The molecule has 20 heavy (non-hydrogen) atoms. The second-order valence-corrected chi connectivity index (χ2v) is 7.23. The van der Waals surface area contributed by atoms with Crippen LogP contribution in [-0.2, 0) is 0 Å². The lowest BCUT2D eigenvalue weighted by Crippen LogP contribution is -2.28. The van der Waals surface area contributed by atoms with Gasteiger partial charge in [0.05, 0.1) is 0 Å². The molecule has 1 aromatic carbocycles. The van der Waals surface area contributed by atoms with Crippen molar-refractivity contribution in [1.29, 1.82) is 0 Å². The standard InChI is InChI=1S/C19H31N/c1-12(2)20(7)18-11-9-8-10-17(18)19-15(5)13(3)14(4)16(19)6/h8-16,19H,1-7H3. The van der Waals surface area contributed by atoms with Crippen LogP contribution in [0.15, 0.2) is 24.3 Å². The average molecular weight is 273 g/mol. The summed E-state index contributed by atoms with van der Waals surface area (Å²) in [6.45, 7) is 14.3. The van der Waals surface area contributed by atoms with Crippen molar-refractivity contribution < 1.29 is 0 Å². The van der Waals surface area contributed by atoms with Gasteiger partial charge in [-0.2, -0.15) is 0 Å². The van der Waals surface area contributed by atoms with Crippen molar-refractivity contribution >= 4 is 5.69 Å². The van der Waals surface area contributed by atoms with Crippen molar-refractivity contribution in [2.45, 2.75) is 53.5 Å². The molecule has 0 spiro atoms. The fourth-order valence-corrected chi connectivity index (χ4v) is 4.03. The van der Waals surface area contributed by atoms with Crippen LogP contribution in [0.25, 0.3) is 0 Å². The maximum absolute atomic E-state index is 2.45. The summed E-state index contributed by atoms with van der Waals surface area (Å²) < 4.78 is 0. The molecule has 1 heteroatoms. The monoisotopic (exact) mass is 273 g/mol. The minimum absolute atomic E-state index is 0.540. The van der Waals surface area contributed by atoms with E-state index >= 15 is 0 Å². The zero-order valence-electron chi connectivity index (χ0n) is 14.2. The van der Waals surface area contributed by atoms with Crippen LogP contribution in [-0.4, -0.2) is 13.1 Å². The summed E-state index contributed by atoms with van der Waals surface area (Å²) in [4.78, 5) is 2.42. The first-order valence-electron chi connectivity index (χ1n) is 8.18. The molecule has 4 atom stereocenters. The number of hydrogen-bond donors (Lipinski definition) is 0. The highest BCUT2D eigenvalue weighted by molar-refractivity contribution is 5.56. The van der Waals surface area contributed by atoms with Gasteiger partial charge in [-0.15, -0.1) is 0 Å². The Labute approximate surface area is 125 Å². The molecule has 0 amide bonds. The van der Waals surface area contributed by atoms with Crippen LogP contribution in [0.5, 0.6) is 0 Å². The van der Waals surface area contributed by atoms with Crippen LogP contribution < -0.4 is 4.90 Å². The van der Waals surface area contributed by atoms with Gasteiger partial charge >= 0.3 is 0 Å². The minimum Gasteiger partial charge on any atom is -0.372 e. The summed E-state index contributed by atoms with van der Waals surface area (Å²) >= 11 is 0. The Balaban J connectivity index is 2.43. The zero-order valence-corrected chi connectivity index (χ0v) is 14.2. The van der Waals surface area contributed by atoms with Crippen LogP contribution in [0.1, 0.15) is 53.0 Å². The van der Waals surface area contributed by atoms with Gasteiger partial charge < -0.3 is 4.90 Å². The van der Waals surface area contributed by atoms with Gasteiger partial charge in [0.2, 0.25) is 0 Å². The third-order valence-corrected chi connectivity index (χ3v) is 6.07. The van der Waals surface area contributed by atoms with Gasteiger partial charge in [0, 0.05) is 18.8 Å². The molecule has 0 saturated heterocycles. The molecular weight excluding hydrogens is 242 g/mol. The minimum atomic E-state index is 0.540. The van der Waals surface area contributed by atoms with E-state index in [2.05, 4.69) is 77.8 Å². The van der Waals surface area contributed by atoms with E-state index in [1.807, 2.05) is 0 Å². The molecule has 0 aliphatic heterocycles. The lowest BCUT2D eigenvalue weighted by molar-refractivity contribution is 0.352. The molecule has 0 heterocycles. The van der Waals surface area contributed by atoms with E-state index in [1.54, 1.807) is 5.56 Å². The van der Waals surface area contributed by atoms with Crippen molar-refractivity contribution in [2.75, 3.05) is 11.9 Å². The van der Waals surface area contributed by atoms with Gasteiger partial charge in [-0.25, -0.2) is 0 Å². The van der Waals surface area contributed by atoms with Crippen molar-refractivity contribution in [3.63, 3.8) is 0 Å². The fourth-order valence-electron chi connectivity index (χ4n) is 4.03. The molecule has 0 N–H and O–H groups in total. The highest BCUT2D eigenvalue weighted by Crippen LogP contribution is 2.52. The normalized spacial score (nSPS) is 33.7. The molecule has 0 bridgehead atoms. The van der Waals surface area contributed by atoms with Gasteiger partial charge in [-0.3, -0.25) is 0 Å². The largest absolute Gasteiger partial charge is 0.372 e. The molecule has 1 saturated carbocycles. The van der Waals surface area contributed by atoms with E-state index in [0.29, 0.717) is 12.0 Å². The summed E-state index contributed by atoms with van der Waals surface area (Å²) in [6.07, 6.45) is 0. The first kappa shape index (κ1) is 15.4. The molecule has 1 fully saturated rings. The fraction of sp³-hybridized carbons (Fsp3) is 0.684. The number of nitrogens with zero attached hydrogens (tertiary/aromatic N) is 1. The number of rotatable bonds is 3. The highest BCUT2D eigenvalue weighted by atomic mass is 15.1. The summed E-state index contributed by atoms with van der Waals surface area (Å²) in [6, 6.07) is 9.58. The SMILES string of the molecule is CC1C(C)C(C)C(c2ccccc2N(C)C(C)C)C1C. The molecule has 0 aromatic heterocycles. The maximum atomic E-state index is 2.45. The zero-order chi connectivity index (χ0) is 15.0. The molecule has 0 radical (unpaired) electrons. The van der Waals surface area contributed by atoms with E-state index in [4.69, 9.17) is 0 Å². The van der Waals surface area contributed by atoms with Crippen LogP contribution in [0.4, 0.5) is 5.69 Å². The van der Waals surface area contributed by atoms with E-state index in [1.165, 1.54) is 5.69 Å². The van der Waals surface area contributed by atoms with E-state index in [-0.39, 0.29) is 0 Å². The number of anilines is 1. The first-order valence-corrected chi connectivity index (χ1v) is 8.18. The summed E-state index contributed by atoms with van der Waals surface area (Å²) in [5, 5.41) is 0. The van der Waals surface area contributed by atoms with Crippen LogP contribution >= 0.6 is 0 Å². The van der Waals surface area contributed by atoms with Gasteiger partial charge in [-0.05, 0) is 55.1 Å². The van der Waals surface area contributed by atoms with Crippen molar-refractivity contribution in [3.8, 4) is 0 Å². The molecule has 4 unspecified atom stereocenters. The predicted octanol–water partition coefficient (Wildman–Crippen LogP) is 5.17. The maximum Gasteiger partial charge on any atom is 0.0401 e. The number of benzene rings is 1. The van der Waals surface area contributed by atoms with Gasteiger partial charge in [0.1, 0.15) is 0 Å². The van der Waals surface area contributed by atoms with Gasteiger partial charge in [0.25, 0.3) is 0 Å². The Morgan fingerprint density at radius 2 is 1.35 bits per heavy atom. The second-order valence-electron chi connectivity index (χ2n) is 7.23. The van der Waals surface area contributed by atoms with Crippen molar-refractivity contribution in [3.05, 3.63) is 29.8 Å². The highest BCUT2D eigenvalue weighted by Gasteiger charge is 2.43. The lowest BCUT2D eigenvalue weighted by atomic mass is 9.82. The Hall–Kier alpha value is -0.980. The lowest BCUT2D eigenvalue weighted by Gasteiger charge is -2.31. The van der Waals surface area contributed by atoms with E-state index in [9.17, 15) is 0 Å². The summed E-state index contributed by atoms with van der Waals surface area (Å²) in [5.74, 6) is 3.85. The first-order chi connectivity index (χ1) is 9.36. The van der Waals surface area contributed by atoms with Crippen LogP contribution in [0, 0.1) is 23.7 Å². The molecule has 2 rings (SSSR count). The molecule has 1 aliphatic rings. The third kappa shape index (κ3) is 2.47. The second kappa shape index (κ2) is 5.79. The van der Waals surface area contributed by atoms with Gasteiger partial charge in [0.15, 0.2) is 0 Å². The van der Waals surface area contributed by atoms with Crippen molar-refractivity contribution in [2.24, 2.45) is 23.7 Å². The Morgan fingerprint density at radius 3 is 1.85 bits per heavy atom. The van der Waals surface area contributed by atoms with E-state index in [0.717, 1.165) is 23.7 Å². The smallest absolute Gasteiger partial charge is 0.0401 e. The summed E-state index contributed by atoms with van der Waals surface area (Å²) in [7, 11) is 2.22. The van der Waals surface area contributed by atoms with Gasteiger partial charge in [-0.1, -0.05) is 45.9 Å². The number of para-hydroxylation sites is 1. The van der Waals surface area contributed by atoms with E-state index < -0.39 is 0 Å². The summed E-state index contributed by atoms with van der Waals surface area (Å²) in [5.41, 5.74) is 2.98. The Morgan fingerprint density at radius 1 is 0.850 bits per heavy atom. The van der Waals surface area contributed by atoms with Crippen LogP contribution in [0.2, 0.25) is 0 Å². The quantitative estimate of drug-likeness (QED) is 0.734. The topological polar surface area (TPSA) is 3.24 Å². The third-order valence-electron chi connectivity index (χ3n) is 6.07. The molecule has 1 nitrogen and oxygen atoms in total. The number of hydrogen-bond acceptors (Lipinski definition) is 1. The van der Waals surface area contributed by atoms with Crippen LogP contribution in [0.3, 0.4) is 0 Å².